The number of anilines is 1. The van der Waals surface area contributed by atoms with Crippen LogP contribution in [0.4, 0.5) is 5.69 Å². The maximum atomic E-state index is 2.57. The number of hydrogen-bond donors (Lipinski definition) is 0. The zero-order chi connectivity index (χ0) is 19.1. The third kappa shape index (κ3) is 6.28. The van der Waals surface area contributed by atoms with Gasteiger partial charge < -0.3 is 14.7 Å². The van der Waals surface area contributed by atoms with Crippen LogP contribution in [0.5, 0.6) is 0 Å². The van der Waals surface area contributed by atoms with Gasteiger partial charge in [-0.25, -0.2) is 0 Å². The van der Waals surface area contributed by atoms with Gasteiger partial charge in [-0.2, -0.15) is 0 Å². The highest BCUT2D eigenvalue weighted by molar-refractivity contribution is 5.48. The van der Waals surface area contributed by atoms with Crippen LogP contribution in [0.2, 0.25) is 0 Å². The Labute approximate surface area is 162 Å². The largest absolute Gasteiger partial charge is 0.372 e. The van der Waals surface area contributed by atoms with E-state index in [0.29, 0.717) is 5.92 Å². The normalized spacial score (nSPS) is 19.3. The summed E-state index contributed by atoms with van der Waals surface area (Å²) < 4.78 is 0. The average molecular weight is 360 g/mol. The number of likely N-dealkylation sites (tertiary alicyclic amines) is 1. The van der Waals surface area contributed by atoms with E-state index in [1.54, 1.807) is 0 Å². The summed E-state index contributed by atoms with van der Waals surface area (Å²) in [6.07, 6.45) is 5.38. The Bertz CT molecular complexity index is 477. The van der Waals surface area contributed by atoms with Crippen LogP contribution in [-0.4, -0.2) is 62.2 Å². The van der Waals surface area contributed by atoms with E-state index >= 15 is 0 Å². The Hall–Kier alpha value is -1.06. The van der Waals surface area contributed by atoms with E-state index in [1.165, 1.54) is 63.1 Å². The minimum absolute atomic E-state index is 0.641. The van der Waals surface area contributed by atoms with Gasteiger partial charge in [0, 0.05) is 30.9 Å². The summed E-state index contributed by atoms with van der Waals surface area (Å²) >= 11 is 0. The monoisotopic (exact) mass is 359 g/mol. The zero-order valence-corrected chi connectivity index (χ0v) is 18.0. The molecule has 1 aromatic rings. The summed E-state index contributed by atoms with van der Waals surface area (Å²) in [5.74, 6) is 0.641. The molecule has 0 N–H and O–H groups in total. The second-order valence-electron chi connectivity index (χ2n) is 8.76. The molecule has 26 heavy (non-hydrogen) atoms. The number of benzene rings is 1. The van der Waals surface area contributed by atoms with Gasteiger partial charge in [-0.05, 0) is 90.3 Å². The van der Waals surface area contributed by atoms with Gasteiger partial charge in [-0.15, -0.1) is 0 Å². The molecule has 0 unspecified atom stereocenters. The molecule has 3 nitrogen and oxygen atoms in total. The molecule has 2 aliphatic rings. The number of piperidine rings is 1. The molecule has 0 spiro atoms. The molecule has 2 fully saturated rings. The molecule has 0 saturated carbocycles. The Morgan fingerprint density at radius 2 is 1.38 bits per heavy atom. The van der Waals surface area contributed by atoms with Crippen molar-refractivity contribution in [3.8, 4) is 0 Å². The Morgan fingerprint density at radius 1 is 0.846 bits per heavy atom. The molecule has 3 rings (SSSR count). The molecular weight excluding hydrogens is 318 g/mol. The van der Waals surface area contributed by atoms with Gasteiger partial charge in [0.2, 0.25) is 0 Å². The summed E-state index contributed by atoms with van der Waals surface area (Å²) in [6, 6.07) is 10.6. The fraction of sp³-hybridized carbons (Fsp3) is 0.739. The second kappa shape index (κ2) is 10.3. The zero-order valence-electron chi connectivity index (χ0n) is 18.0. The molecule has 2 saturated heterocycles. The van der Waals surface area contributed by atoms with Crippen LogP contribution >= 0.6 is 0 Å². The summed E-state index contributed by atoms with van der Waals surface area (Å²) in [4.78, 5) is 7.40. The van der Waals surface area contributed by atoms with Crippen LogP contribution < -0.4 is 4.90 Å². The highest BCUT2D eigenvalue weighted by Gasteiger charge is 2.21. The van der Waals surface area contributed by atoms with Crippen molar-refractivity contribution in [3.63, 3.8) is 0 Å². The molecule has 2 heterocycles. The quantitative estimate of drug-likeness (QED) is 0.762. The number of nitrogens with zero attached hydrogens (tertiary/aromatic N) is 3. The summed E-state index contributed by atoms with van der Waals surface area (Å²) in [5.41, 5.74) is 2.83. The van der Waals surface area contributed by atoms with Crippen molar-refractivity contribution in [3.05, 3.63) is 29.8 Å². The lowest BCUT2D eigenvalue weighted by Crippen LogP contribution is -2.44. The minimum Gasteiger partial charge on any atom is -0.372 e. The standard InChI is InChI=1S/C13H19N.C10H22N2/c1-11(2)12-5-7-13(8-6-12)14-9-3-4-10-14;1-9(2)12-7-5-10(6-8-12)11(3)4/h5-8,11H,3-4,9-10H2,1-2H3;9-10H,5-8H2,1-4H3. The van der Waals surface area contributed by atoms with Crippen LogP contribution in [0, 0.1) is 0 Å². The van der Waals surface area contributed by atoms with E-state index in [2.05, 4.69) is 80.8 Å². The van der Waals surface area contributed by atoms with Crippen molar-refractivity contribution in [1.82, 2.24) is 9.80 Å². The van der Waals surface area contributed by atoms with Crippen LogP contribution in [0.25, 0.3) is 0 Å². The molecular formula is C23H41N3. The van der Waals surface area contributed by atoms with Gasteiger partial charge in [0.1, 0.15) is 0 Å². The Balaban J connectivity index is 0.000000190. The predicted molar refractivity (Wildman–Crippen MR) is 115 cm³/mol. The van der Waals surface area contributed by atoms with Crippen molar-refractivity contribution in [2.24, 2.45) is 0 Å². The molecule has 148 valence electrons. The lowest BCUT2D eigenvalue weighted by Gasteiger charge is -2.37. The first-order valence-corrected chi connectivity index (χ1v) is 10.6. The van der Waals surface area contributed by atoms with Gasteiger partial charge in [-0.1, -0.05) is 26.0 Å². The van der Waals surface area contributed by atoms with Gasteiger partial charge in [0.25, 0.3) is 0 Å². The molecule has 0 atom stereocenters. The van der Waals surface area contributed by atoms with E-state index in [1.807, 2.05) is 0 Å². The lowest BCUT2D eigenvalue weighted by molar-refractivity contribution is 0.121. The molecule has 3 heteroatoms. The smallest absolute Gasteiger partial charge is 0.0366 e. The van der Waals surface area contributed by atoms with Gasteiger partial charge in [0.15, 0.2) is 0 Å². The SMILES string of the molecule is CC(C)N1CCC(N(C)C)CC1.CC(C)c1ccc(N2CCCC2)cc1. The maximum absolute atomic E-state index is 2.57. The fourth-order valence-electron chi connectivity index (χ4n) is 3.96. The van der Waals surface area contributed by atoms with E-state index in [-0.39, 0.29) is 0 Å². The van der Waals surface area contributed by atoms with Gasteiger partial charge >= 0.3 is 0 Å². The van der Waals surface area contributed by atoms with E-state index in [0.717, 1.165) is 12.1 Å². The fourth-order valence-corrected chi connectivity index (χ4v) is 3.96. The highest BCUT2D eigenvalue weighted by atomic mass is 15.2. The molecule has 2 aliphatic heterocycles. The third-order valence-electron chi connectivity index (χ3n) is 5.99. The maximum Gasteiger partial charge on any atom is 0.0366 e. The number of rotatable bonds is 4. The van der Waals surface area contributed by atoms with Crippen molar-refractivity contribution >= 4 is 5.69 Å². The summed E-state index contributed by atoms with van der Waals surface area (Å²) in [6.45, 7) is 14.1. The first kappa shape index (κ1) is 21.2. The molecule has 0 amide bonds. The summed E-state index contributed by atoms with van der Waals surface area (Å²) in [7, 11) is 4.38. The first-order valence-electron chi connectivity index (χ1n) is 10.6. The molecule has 0 bridgehead atoms. The third-order valence-corrected chi connectivity index (χ3v) is 5.99. The average Bonchev–Trinajstić information content (AvgIpc) is 3.17. The van der Waals surface area contributed by atoms with Crippen LogP contribution in [0.1, 0.15) is 64.9 Å². The van der Waals surface area contributed by atoms with Crippen LogP contribution in [-0.2, 0) is 0 Å². The van der Waals surface area contributed by atoms with Crippen molar-refractivity contribution < 1.29 is 0 Å². The van der Waals surface area contributed by atoms with Crippen LogP contribution in [0.3, 0.4) is 0 Å². The van der Waals surface area contributed by atoms with E-state index in [4.69, 9.17) is 0 Å². The predicted octanol–water partition coefficient (Wildman–Crippen LogP) is 4.83. The second-order valence-corrected chi connectivity index (χ2v) is 8.76. The Kier molecular flexibility index (Phi) is 8.43. The molecule has 1 aromatic carbocycles. The van der Waals surface area contributed by atoms with E-state index in [9.17, 15) is 0 Å². The first-order chi connectivity index (χ1) is 12.4. The van der Waals surface area contributed by atoms with Gasteiger partial charge in [-0.3, -0.25) is 0 Å². The Morgan fingerprint density at radius 3 is 1.81 bits per heavy atom. The molecule has 0 radical (unpaired) electrons. The molecule has 0 aliphatic carbocycles. The topological polar surface area (TPSA) is 9.72 Å². The van der Waals surface area contributed by atoms with E-state index < -0.39 is 0 Å². The van der Waals surface area contributed by atoms with Crippen LogP contribution in [0.15, 0.2) is 24.3 Å². The van der Waals surface area contributed by atoms with Crippen molar-refractivity contribution in [2.75, 3.05) is 45.2 Å². The molecule has 0 aromatic heterocycles. The lowest BCUT2D eigenvalue weighted by atomic mass is 10.0. The highest BCUT2D eigenvalue weighted by Crippen LogP contribution is 2.23. The van der Waals surface area contributed by atoms with Crippen molar-refractivity contribution in [1.29, 1.82) is 0 Å². The number of hydrogen-bond acceptors (Lipinski definition) is 3. The van der Waals surface area contributed by atoms with Crippen molar-refractivity contribution in [2.45, 2.75) is 71.4 Å². The minimum atomic E-state index is 0.641. The van der Waals surface area contributed by atoms with Gasteiger partial charge in [0.05, 0.1) is 0 Å². The summed E-state index contributed by atoms with van der Waals surface area (Å²) in [5, 5.41) is 0.